The molecule has 1 aliphatic rings. The summed E-state index contributed by atoms with van der Waals surface area (Å²) in [5.41, 5.74) is 3.74. The molecule has 0 amide bonds. The van der Waals surface area contributed by atoms with Crippen LogP contribution in [0.2, 0.25) is 0 Å². The van der Waals surface area contributed by atoms with Crippen molar-refractivity contribution in [3.63, 3.8) is 0 Å². The van der Waals surface area contributed by atoms with Crippen molar-refractivity contribution in [2.24, 2.45) is 0 Å². The van der Waals surface area contributed by atoms with Crippen LogP contribution in [0.25, 0.3) is 0 Å². The molecule has 3 rings (SSSR count). The summed E-state index contributed by atoms with van der Waals surface area (Å²) in [6, 6.07) is 19.9. The Hall–Kier alpha value is -1.96. The van der Waals surface area contributed by atoms with Crippen LogP contribution >= 0.6 is 0 Å². The Morgan fingerprint density at radius 2 is 1.44 bits per heavy atom. The van der Waals surface area contributed by atoms with Gasteiger partial charge in [0.2, 0.25) is 0 Å². The molecular weight excluding hydrogens is 220 g/mol. The predicted octanol–water partition coefficient (Wildman–Crippen LogP) is 4.04. The number of anilines is 2. The van der Waals surface area contributed by atoms with Gasteiger partial charge in [0.25, 0.3) is 0 Å². The molecule has 0 aromatic heterocycles. The van der Waals surface area contributed by atoms with Gasteiger partial charge in [0, 0.05) is 6.04 Å². The number of rotatable bonds is 1. The summed E-state index contributed by atoms with van der Waals surface area (Å²) in [5.74, 6) is 0. The lowest BCUT2D eigenvalue weighted by atomic mass is 10.0. The molecule has 0 saturated heterocycles. The molecule has 2 aromatic rings. The third kappa shape index (κ3) is 2.19. The zero-order valence-electron chi connectivity index (χ0n) is 10.6. The second-order valence-electron chi connectivity index (χ2n) is 4.93. The lowest BCUT2D eigenvalue weighted by molar-refractivity contribution is 0.633. The van der Waals surface area contributed by atoms with E-state index in [2.05, 4.69) is 72.2 Å². The van der Waals surface area contributed by atoms with E-state index >= 15 is 0 Å². The van der Waals surface area contributed by atoms with Crippen LogP contribution in [0.15, 0.2) is 54.6 Å². The molecule has 0 unspecified atom stereocenters. The molecule has 2 nitrogen and oxygen atoms in total. The SMILES string of the molecule is C[C@H]1C[C@@H](c2ccccc2)Nc2ccccc2N1. The molecule has 0 aliphatic carbocycles. The van der Waals surface area contributed by atoms with Crippen molar-refractivity contribution < 1.29 is 0 Å². The third-order valence-electron chi connectivity index (χ3n) is 3.45. The van der Waals surface area contributed by atoms with Crippen LogP contribution in [0.1, 0.15) is 24.9 Å². The average Bonchev–Trinajstić information content (AvgIpc) is 2.57. The molecule has 18 heavy (non-hydrogen) atoms. The fraction of sp³-hybridized carbons (Fsp3) is 0.250. The summed E-state index contributed by atoms with van der Waals surface area (Å²) in [7, 11) is 0. The maximum Gasteiger partial charge on any atom is 0.0580 e. The van der Waals surface area contributed by atoms with E-state index in [4.69, 9.17) is 0 Å². The molecule has 2 atom stereocenters. The lowest BCUT2D eigenvalue weighted by Gasteiger charge is -2.19. The molecule has 2 aromatic carbocycles. The van der Waals surface area contributed by atoms with E-state index in [1.807, 2.05) is 0 Å². The van der Waals surface area contributed by atoms with Crippen molar-refractivity contribution in [3.8, 4) is 0 Å². The summed E-state index contributed by atoms with van der Waals surface area (Å²) in [4.78, 5) is 0. The topological polar surface area (TPSA) is 24.1 Å². The van der Waals surface area contributed by atoms with Crippen LogP contribution < -0.4 is 10.6 Å². The Labute approximate surface area is 108 Å². The highest BCUT2D eigenvalue weighted by Gasteiger charge is 2.20. The highest BCUT2D eigenvalue weighted by atomic mass is 15.0. The maximum atomic E-state index is 3.64. The Kier molecular flexibility index (Phi) is 2.93. The quantitative estimate of drug-likeness (QED) is 0.783. The summed E-state index contributed by atoms with van der Waals surface area (Å²) >= 11 is 0. The van der Waals surface area contributed by atoms with E-state index in [0.717, 1.165) is 6.42 Å². The first-order valence-corrected chi connectivity index (χ1v) is 6.50. The number of fused-ring (bicyclic) bond motifs is 1. The average molecular weight is 238 g/mol. The second kappa shape index (κ2) is 4.73. The molecule has 2 N–H and O–H groups in total. The fourth-order valence-corrected chi connectivity index (χ4v) is 2.56. The number of hydrogen-bond acceptors (Lipinski definition) is 2. The number of benzene rings is 2. The smallest absolute Gasteiger partial charge is 0.0580 e. The van der Waals surface area contributed by atoms with Crippen LogP contribution in [0.5, 0.6) is 0 Å². The first-order valence-electron chi connectivity index (χ1n) is 6.50. The second-order valence-corrected chi connectivity index (χ2v) is 4.93. The van der Waals surface area contributed by atoms with Gasteiger partial charge in [-0.1, -0.05) is 42.5 Å². The highest BCUT2D eigenvalue weighted by Crippen LogP contribution is 2.33. The van der Waals surface area contributed by atoms with Crippen LogP contribution in [0.3, 0.4) is 0 Å². The van der Waals surface area contributed by atoms with Gasteiger partial charge >= 0.3 is 0 Å². The van der Waals surface area contributed by atoms with E-state index in [-0.39, 0.29) is 0 Å². The predicted molar refractivity (Wildman–Crippen MR) is 76.9 cm³/mol. The first kappa shape index (κ1) is 11.1. The van der Waals surface area contributed by atoms with Gasteiger partial charge in [-0.15, -0.1) is 0 Å². The Morgan fingerprint density at radius 1 is 0.833 bits per heavy atom. The molecule has 0 saturated carbocycles. The summed E-state index contributed by atoms with van der Waals surface area (Å²) < 4.78 is 0. The van der Waals surface area contributed by atoms with E-state index in [1.165, 1.54) is 16.9 Å². The van der Waals surface area contributed by atoms with Gasteiger partial charge in [0.05, 0.1) is 17.4 Å². The van der Waals surface area contributed by atoms with Gasteiger partial charge in [-0.2, -0.15) is 0 Å². The standard InChI is InChI=1S/C16H18N2/c1-12-11-16(13-7-3-2-4-8-13)18-15-10-6-5-9-14(15)17-12/h2-10,12,16-18H,11H2,1H3/t12-,16-/m0/s1. The van der Waals surface area contributed by atoms with Gasteiger partial charge in [0.15, 0.2) is 0 Å². The molecule has 0 spiro atoms. The van der Waals surface area contributed by atoms with E-state index in [0.29, 0.717) is 12.1 Å². The fourth-order valence-electron chi connectivity index (χ4n) is 2.56. The van der Waals surface area contributed by atoms with Crippen LogP contribution in [-0.4, -0.2) is 6.04 Å². The molecule has 2 heteroatoms. The van der Waals surface area contributed by atoms with Crippen molar-refractivity contribution in [2.75, 3.05) is 10.6 Å². The molecule has 0 fully saturated rings. The number of hydrogen-bond donors (Lipinski definition) is 2. The summed E-state index contributed by atoms with van der Waals surface area (Å²) in [6.45, 7) is 2.24. The minimum absolute atomic E-state index is 0.373. The van der Waals surface area contributed by atoms with Gasteiger partial charge < -0.3 is 10.6 Å². The molecule has 1 heterocycles. The van der Waals surface area contributed by atoms with Gasteiger partial charge in [-0.25, -0.2) is 0 Å². The van der Waals surface area contributed by atoms with Crippen LogP contribution in [0, 0.1) is 0 Å². The van der Waals surface area contributed by atoms with E-state index in [9.17, 15) is 0 Å². The van der Waals surface area contributed by atoms with Gasteiger partial charge in [-0.05, 0) is 31.0 Å². The van der Waals surface area contributed by atoms with Crippen LogP contribution in [0.4, 0.5) is 11.4 Å². The molecule has 0 bridgehead atoms. The van der Waals surface area contributed by atoms with Crippen molar-refractivity contribution in [1.82, 2.24) is 0 Å². The van der Waals surface area contributed by atoms with Crippen molar-refractivity contribution in [1.29, 1.82) is 0 Å². The first-order chi connectivity index (χ1) is 8.83. The molecule has 0 radical (unpaired) electrons. The summed E-state index contributed by atoms with van der Waals surface area (Å²) in [6.07, 6.45) is 1.08. The van der Waals surface area contributed by atoms with Crippen LogP contribution in [-0.2, 0) is 0 Å². The zero-order chi connectivity index (χ0) is 12.4. The van der Waals surface area contributed by atoms with Crippen molar-refractivity contribution >= 4 is 11.4 Å². The molecular formula is C16H18N2. The number of para-hydroxylation sites is 2. The zero-order valence-corrected chi connectivity index (χ0v) is 10.6. The van der Waals surface area contributed by atoms with Gasteiger partial charge in [-0.3, -0.25) is 0 Å². The van der Waals surface area contributed by atoms with E-state index < -0.39 is 0 Å². The highest BCUT2D eigenvalue weighted by molar-refractivity contribution is 5.70. The maximum absolute atomic E-state index is 3.64. The van der Waals surface area contributed by atoms with E-state index in [1.54, 1.807) is 0 Å². The largest absolute Gasteiger partial charge is 0.381 e. The Balaban J connectivity index is 1.95. The Bertz CT molecular complexity index is 522. The minimum Gasteiger partial charge on any atom is -0.381 e. The minimum atomic E-state index is 0.373. The summed E-state index contributed by atoms with van der Waals surface area (Å²) in [5, 5.41) is 7.20. The Morgan fingerprint density at radius 3 is 2.17 bits per heavy atom. The third-order valence-corrected chi connectivity index (χ3v) is 3.45. The molecule has 1 aliphatic heterocycles. The number of nitrogens with one attached hydrogen (secondary N) is 2. The van der Waals surface area contributed by atoms with Gasteiger partial charge in [0.1, 0.15) is 0 Å². The van der Waals surface area contributed by atoms with Crippen molar-refractivity contribution in [3.05, 3.63) is 60.2 Å². The normalized spacial score (nSPS) is 22.3. The molecule has 92 valence electrons. The van der Waals surface area contributed by atoms with Crippen molar-refractivity contribution in [2.45, 2.75) is 25.4 Å². The monoisotopic (exact) mass is 238 g/mol. The lowest BCUT2D eigenvalue weighted by Crippen LogP contribution is -2.18.